The highest BCUT2D eigenvalue weighted by molar-refractivity contribution is 5.90. The zero-order chi connectivity index (χ0) is 12.2. The lowest BCUT2D eigenvalue weighted by atomic mass is 10.2. The number of carbonyl (C=O) groups excluding carboxylic acids is 1. The lowest BCUT2D eigenvalue weighted by Crippen LogP contribution is -2.25. The van der Waals surface area contributed by atoms with Crippen molar-refractivity contribution in [2.75, 3.05) is 0 Å². The molecule has 1 aromatic rings. The number of carbonyl (C=O) groups is 1. The first-order valence-electron chi connectivity index (χ1n) is 4.50. The quantitative estimate of drug-likeness (QED) is 0.579. The molecule has 84 valence electrons. The molecule has 0 aliphatic carbocycles. The van der Waals surface area contributed by atoms with Gasteiger partial charge in [-0.3, -0.25) is 0 Å². The van der Waals surface area contributed by atoms with E-state index in [-0.39, 0.29) is 11.3 Å². The number of esters is 1. The summed E-state index contributed by atoms with van der Waals surface area (Å²) in [6.07, 6.45) is 0. The van der Waals surface area contributed by atoms with E-state index in [2.05, 4.69) is 10.4 Å². The van der Waals surface area contributed by atoms with Gasteiger partial charge in [-0.1, -0.05) is 0 Å². The van der Waals surface area contributed by atoms with Crippen molar-refractivity contribution < 1.29 is 9.53 Å². The van der Waals surface area contributed by atoms with Crippen LogP contribution >= 0.6 is 0 Å². The lowest BCUT2D eigenvalue weighted by Gasteiger charge is -2.16. The molecular formula is C10H10N2O4. The van der Waals surface area contributed by atoms with Gasteiger partial charge in [-0.2, -0.15) is 0 Å². The van der Waals surface area contributed by atoms with Gasteiger partial charge in [-0.05, 0) is 48.5 Å². The normalized spacial score (nSPS) is 10.6. The fourth-order valence-electron chi connectivity index (χ4n) is 0.963. The molecule has 6 heteroatoms. The minimum absolute atomic E-state index is 0.212. The molecule has 0 aliphatic heterocycles. The van der Waals surface area contributed by atoms with Crippen molar-refractivity contribution in [3.8, 4) is 0 Å². The highest BCUT2D eigenvalue weighted by atomic mass is 16.6. The first-order chi connectivity index (χ1) is 7.48. The molecule has 6 nitrogen and oxygen atoms in total. The molecule has 0 unspecified atom stereocenters. The summed E-state index contributed by atoms with van der Waals surface area (Å²) in [6.45, 7) is 2.75. The predicted octanol–water partition coefficient (Wildman–Crippen LogP) is 2.74. The average molecular weight is 222 g/mol. The Kier molecular flexibility index (Phi) is 3.44. The Morgan fingerprint density at radius 3 is 2.19 bits per heavy atom. The van der Waals surface area contributed by atoms with Crippen LogP contribution in [-0.4, -0.2) is 11.7 Å². The van der Waals surface area contributed by atoms with Gasteiger partial charge >= 0.3 is 5.97 Å². The van der Waals surface area contributed by atoms with E-state index in [4.69, 9.17) is 4.74 Å². The van der Waals surface area contributed by atoms with Crippen molar-refractivity contribution in [2.45, 2.75) is 19.6 Å². The molecule has 0 amide bonds. The Morgan fingerprint density at radius 1 is 1.19 bits per heavy atom. The predicted molar refractivity (Wildman–Crippen MR) is 57.2 cm³/mol. The summed E-state index contributed by atoms with van der Waals surface area (Å²) >= 11 is 0. The van der Waals surface area contributed by atoms with E-state index in [1.165, 1.54) is 38.1 Å². The van der Waals surface area contributed by atoms with Crippen LogP contribution in [0.2, 0.25) is 0 Å². The summed E-state index contributed by atoms with van der Waals surface area (Å²) in [5, 5.41) is 5.35. The number of benzene rings is 1. The smallest absolute Gasteiger partial charge is 0.340 e. The van der Waals surface area contributed by atoms with Crippen LogP contribution in [0.25, 0.3) is 0 Å². The second-order valence-corrected chi connectivity index (χ2v) is 3.57. The van der Waals surface area contributed by atoms with Crippen molar-refractivity contribution in [2.24, 2.45) is 10.4 Å². The van der Waals surface area contributed by atoms with Crippen molar-refractivity contribution >= 4 is 11.7 Å². The molecular weight excluding hydrogens is 212 g/mol. The number of nitroso groups, excluding NO2 is 2. The van der Waals surface area contributed by atoms with Gasteiger partial charge in [0.1, 0.15) is 5.69 Å². The summed E-state index contributed by atoms with van der Waals surface area (Å²) < 4.78 is 4.82. The lowest BCUT2D eigenvalue weighted by molar-refractivity contribution is 0.00228. The molecule has 0 radical (unpaired) electrons. The first-order valence-corrected chi connectivity index (χ1v) is 4.50. The van der Waals surface area contributed by atoms with Crippen LogP contribution in [0.5, 0.6) is 0 Å². The molecule has 0 aromatic heterocycles. The SMILES string of the molecule is CC(C)(N=O)OC(=O)c1ccc(N=O)cc1. The molecule has 0 saturated heterocycles. The topological polar surface area (TPSA) is 85.2 Å². The van der Waals surface area contributed by atoms with Crippen LogP contribution < -0.4 is 0 Å². The Balaban J connectivity index is 2.81. The molecule has 0 spiro atoms. The van der Waals surface area contributed by atoms with Gasteiger partial charge in [-0.15, -0.1) is 9.81 Å². The van der Waals surface area contributed by atoms with Crippen LogP contribution in [0.4, 0.5) is 5.69 Å². The van der Waals surface area contributed by atoms with E-state index >= 15 is 0 Å². The van der Waals surface area contributed by atoms with Gasteiger partial charge in [0.2, 0.25) is 5.72 Å². The summed E-state index contributed by atoms with van der Waals surface area (Å²) in [5.74, 6) is -0.679. The minimum Gasteiger partial charge on any atom is -0.431 e. The van der Waals surface area contributed by atoms with Crippen molar-refractivity contribution in [3.63, 3.8) is 0 Å². The summed E-state index contributed by atoms with van der Waals surface area (Å²) in [4.78, 5) is 31.9. The van der Waals surface area contributed by atoms with Crippen LogP contribution in [0.15, 0.2) is 34.6 Å². The van der Waals surface area contributed by atoms with Crippen LogP contribution in [-0.2, 0) is 4.74 Å². The summed E-state index contributed by atoms with van der Waals surface area (Å²) in [5.41, 5.74) is -0.966. The van der Waals surface area contributed by atoms with Gasteiger partial charge in [-0.25, -0.2) is 4.79 Å². The van der Waals surface area contributed by atoms with E-state index in [9.17, 15) is 14.6 Å². The molecule has 0 atom stereocenters. The maximum Gasteiger partial charge on any atom is 0.340 e. The number of rotatable bonds is 4. The Morgan fingerprint density at radius 2 is 1.75 bits per heavy atom. The van der Waals surface area contributed by atoms with Gasteiger partial charge in [0, 0.05) is 0 Å². The van der Waals surface area contributed by atoms with Gasteiger partial charge < -0.3 is 4.74 Å². The number of nitrogens with zero attached hydrogens (tertiary/aromatic N) is 2. The fourth-order valence-corrected chi connectivity index (χ4v) is 0.963. The average Bonchev–Trinajstić information content (AvgIpc) is 2.28. The van der Waals surface area contributed by atoms with E-state index in [0.717, 1.165) is 0 Å². The standard InChI is InChI=1S/C10H10N2O4/c1-10(2,12-15)16-9(13)7-3-5-8(11-14)6-4-7/h3-6H,1-2H3. The monoisotopic (exact) mass is 222 g/mol. The summed E-state index contributed by atoms with van der Waals surface area (Å²) in [6, 6.07) is 5.54. The highest BCUT2D eigenvalue weighted by Crippen LogP contribution is 2.17. The molecule has 0 bridgehead atoms. The third kappa shape index (κ3) is 2.94. The largest absolute Gasteiger partial charge is 0.431 e. The number of hydrogen-bond acceptors (Lipinski definition) is 6. The Bertz CT molecular complexity index is 411. The van der Waals surface area contributed by atoms with E-state index in [1.54, 1.807) is 0 Å². The van der Waals surface area contributed by atoms with Crippen molar-refractivity contribution in [1.29, 1.82) is 0 Å². The fraction of sp³-hybridized carbons (Fsp3) is 0.300. The van der Waals surface area contributed by atoms with E-state index in [1.807, 2.05) is 0 Å². The van der Waals surface area contributed by atoms with Crippen LogP contribution in [0.3, 0.4) is 0 Å². The van der Waals surface area contributed by atoms with Crippen LogP contribution in [0, 0.1) is 9.81 Å². The summed E-state index contributed by atoms with van der Waals surface area (Å²) in [7, 11) is 0. The first kappa shape index (κ1) is 12.0. The van der Waals surface area contributed by atoms with E-state index in [0.29, 0.717) is 0 Å². The van der Waals surface area contributed by atoms with E-state index < -0.39 is 11.7 Å². The van der Waals surface area contributed by atoms with Crippen molar-refractivity contribution in [1.82, 2.24) is 0 Å². The number of ether oxygens (including phenoxy) is 1. The molecule has 0 N–H and O–H groups in total. The minimum atomic E-state index is -1.40. The molecule has 16 heavy (non-hydrogen) atoms. The van der Waals surface area contributed by atoms with Gasteiger partial charge in [0.15, 0.2) is 0 Å². The maximum absolute atomic E-state index is 11.5. The third-order valence-electron chi connectivity index (χ3n) is 1.77. The van der Waals surface area contributed by atoms with Crippen LogP contribution in [0.1, 0.15) is 24.2 Å². The zero-order valence-corrected chi connectivity index (χ0v) is 8.84. The van der Waals surface area contributed by atoms with Crippen molar-refractivity contribution in [3.05, 3.63) is 39.6 Å². The molecule has 1 rings (SSSR count). The molecule has 1 aromatic carbocycles. The molecule has 0 saturated carbocycles. The molecule has 0 heterocycles. The Labute approximate surface area is 91.6 Å². The second kappa shape index (κ2) is 4.61. The van der Waals surface area contributed by atoms with Gasteiger partial charge in [0.05, 0.1) is 5.56 Å². The zero-order valence-electron chi connectivity index (χ0n) is 8.84. The third-order valence-corrected chi connectivity index (χ3v) is 1.77. The molecule has 0 fully saturated rings. The number of hydrogen-bond donors (Lipinski definition) is 0. The van der Waals surface area contributed by atoms with Gasteiger partial charge in [0.25, 0.3) is 0 Å². The maximum atomic E-state index is 11.5. The Hall–Kier alpha value is -2.11. The second-order valence-electron chi connectivity index (χ2n) is 3.57. The molecule has 0 aliphatic rings. The highest BCUT2D eigenvalue weighted by Gasteiger charge is 2.24.